The number of allylic oxidation sites excluding steroid dienone is 10. The van der Waals surface area contributed by atoms with E-state index in [2.05, 4.69) is 0 Å². The Balaban J connectivity index is 2.31. The molecule has 48 heavy (non-hydrogen) atoms. The van der Waals surface area contributed by atoms with E-state index in [0.29, 0.717) is 0 Å². The van der Waals surface area contributed by atoms with Crippen molar-refractivity contribution in [1.82, 2.24) is 0 Å². The van der Waals surface area contributed by atoms with Gasteiger partial charge in [0.1, 0.15) is 52.9 Å². The summed E-state index contributed by atoms with van der Waals surface area (Å²) in [6.45, 7) is 0. The van der Waals surface area contributed by atoms with Gasteiger partial charge in [-0.25, -0.2) is 52.7 Å². The first-order chi connectivity index (χ1) is 22.6. The Bertz CT molecular complexity index is 2170. The number of nitrogens with zero attached hydrogens (tertiary/aromatic N) is 6. The zero-order chi connectivity index (χ0) is 36.1. The fourth-order valence-electron chi connectivity index (χ4n) is 4.76. The highest BCUT2D eigenvalue weighted by atomic mass is 19.2. The minimum Gasteiger partial charge on any atom is -0.238 e. The first-order valence-electron chi connectivity index (χ1n) is 12.1. The van der Waals surface area contributed by atoms with E-state index >= 15 is 26.3 Å². The molecule has 2 atom stereocenters. The number of halogens is 12. The fourth-order valence-corrected chi connectivity index (χ4v) is 4.76. The lowest BCUT2D eigenvalue weighted by Gasteiger charge is -2.22. The van der Waals surface area contributed by atoms with Crippen molar-refractivity contribution in [2.75, 3.05) is 0 Å². The summed E-state index contributed by atoms with van der Waals surface area (Å²) in [5.41, 5.74) is -19.0. The predicted molar refractivity (Wildman–Crippen MR) is 131 cm³/mol. The second-order valence-corrected chi connectivity index (χ2v) is 9.24. The van der Waals surface area contributed by atoms with E-state index in [1.54, 1.807) is 0 Å². The first-order valence-corrected chi connectivity index (χ1v) is 12.1. The van der Waals surface area contributed by atoms with Crippen LogP contribution in [-0.2, 0) is 0 Å². The van der Waals surface area contributed by atoms with E-state index in [-0.39, 0.29) is 0 Å². The lowest BCUT2D eigenvalue weighted by molar-refractivity contribution is 0.241. The Hall–Kier alpha value is -6.76. The highest BCUT2D eigenvalue weighted by Gasteiger charge is 2.50. The van der Waals surface area contributed by atoms with Crippen LogP contribution in [0.15, 0.2) is 45.3 Å². The molecule has 6 nitrogen and oxygen atoms in total. The minimum atomic E-state index is -3.49. The summed E-state index contributed by atoms with van der Waals surface area (Å²) in [6, 6.07) is 5.30. The Labute approximate surface area is 258 Å². The maximum atomic E-state index is 15.2. The van der Waals surface area contributed by atoms with E-state index < -0.39 is 137 Å². The molecule has 236 valence electrons. The van der Waals surface area contributed by atoms with Gasteiger partial charge in [-0.2, -0.15) is 31.6 Å². The summed E-state index contributed by atoms with van der Waals surface area (Å²) < 4.78 is 178. The summed E-state index contributed by atoms with van der Waals surface area (Å²) in [5.74, 6) is -30.1. The van der Waals surface area contributed by atoms with Crippen LogP contribution < -0.4 is 0 Å². The number of nitriles is 6. The monoisotopic (exact) mass is 674 g/mol. The van der Waals surface area contributed by atoms with E-state index in [9.17, 15) is 42.1 Å². The van der Waals surface area contributed by atoms with E-state index in [0.717, 1.165) is 36.4 Å². The molecular formula is C30H2F12N6. The Kier molecular flexibility index (Phi) is 8.68. The maximum absolute atomic E-state index is 15.2. The third-order valence-corrected chi connectivity index (χ3v) is 6.95. The molecule has 2 aromatic rings. The number of benzene rings is 2. The van der Waals surface area contributed by atoms with Gasteiger partial charge in [0, 0.05) is 16.7 Å². The summed E-state index contributed by atoms with van der Waals surface area (Å²) in [5, 5.41) is 56.0. The second-order valence-electron chi connectivity index (χ2n) is 9.24. The van der Waals surface area contributed by atoms with Crippen LogP contribution in [0.3, 0.4) is 0 Å². The maximum Gasteiger partial charge on any atom is 0.180 e. The molecule has 0 N–H and O–H groups in total. The molecule has 18 heteroatoms. The van der Waals surface area contributed by atoms with Gasteiger partial charge in [-0.05, 0) is 0 Å². The zero-order valence-electron chi connectivity index (χ0n) is 22.4. The van der Waals surface area contributed by atoms with Crippen LogP contribution in [-0.4, -0.2) is 6.17 Å². The third-order valence-electron chi connectivity index (χ3n) is 6.95. The standard InChI is InChI=1S/C30H2F12N6/c31-19-10(4-46)20(32)26(38)16(25(19)37)7(1-43)13-14(8(2-44)17-27(39)21(33)11(5-47)22(34)28(17)40)15(13)9(3-45)18-29(41)23(35)12(6-48)24(36)30(18)42/h16,25H/b13-7?,14-8-,15-9+. The van der Waals surface area contributed by atoms with E-state index in [1.165, 1.54) is 0 Å². The number of rotatable bonds is 3. The molecule has 0 spiro atoms. The smallest absolute Gasteiger partial charge is 0.180 e. The first kappa shape index (κ1) is 34.1. The molecule has 0 radical (unpaired) electrons. The number of hydrogen-bond acceptors (Lipinski definition) is 6. The van der Waals surface area contributed by atoms with Crippen LogP contribution in [0.1, 0.15) is 22.3 Å². The molecule has 2 aliphatic carbocycles. The molecule has 2 unspecified atom stereocenters. The molecule has 0 bridgehead atoms. The SMILES string of the molecule is N#CC1=C(F)C(F)C(C(C#N)=C2C(=C(/C#N)c3c(F)c(F)c(C#N)c(F)c3F)/C2=C(/C#N)c2c(F)c(F)c(C#N)c(F)c2F)C(F)=C1F. The highest BCUT2D eigenvalue weighted by molar-refractivity contribution is 6.07. The van der Waals surface area contributed by atoms with Crippen LogP contribution in [0.2, 0.25) is 0 Å². The average Bonchev–Trinajstić information content (AvgIpc) is 3.78. The highest BCUT2D eigenvalue weighted by Crippen LogP contribution is 2.58. The van der Waals surface area contributed by atoms with Crippen molar-refractivity contribution in [2.45, 2.75) is 6.17 Å². The molecule has 0 amide bonds. The minimum absolute atomic E-state index is 0.772. The molecule has 0 heterocycles. The summed E-state index contributed by atoms with van der Waals surface area (Å²) in [7, 11) is 0. The van der Waals surface area contributed by atoms with Gasteiger partial charge in [0.05, 0.1) is 39.8 Å². The van der Waals surface area contributed by atoms with Crippen LogP contribution >= 0.6 is 0 Å². The van der Waals surface area contributed by atoms with Gasteiger partial charge in [-0.15, -0.1) is 0 Å². The van der Waals surface area contributed by atoms with E-state index in [1.807, 2.05) is 0 Å². The van der Waals surface area contributed by atoms with Gasteiger partial charge in [0.25, 0.3) is 0 Å². The lowest BCUT2D eigenvalue weighted by Crippen LogP contribution is -2.25. The molecule has 4 rings (SSSR count). The van der Waals surface area contributed by atoms with Crippen LogP contribution in [0.5, 0.6) is 0 Å². The largest absolute Gasteiger partial charge is 0.238 e. The number of alkyl halides is 1. The van der Waals surface area contributed by atoms with Crippen molar-refractivity contribution in [3.8, 4) is 36.4 Å². The lowest BCUT2D eigenvalue weighted by atomic mass is 9.85. The van der Waals surface area contributed by atoms with Crippen LogP contribution in [0.25, 0.3) is 11.1 Å². The van der Waals surface area contributed by atoms with Crippen LogP contribution in [0.4, 0.5) is 52.7 Å². The van der Waals surface area contributed by atoms with Crippen molar-refractivity contribution in [1.29, 1.82) is 31.6 Å². The third kappa shape index (κ3) is 4.64. The number of hydrogen-bond donors (Lipinski definition) is 0. The second kappa shape index (κ2) is 12.2. The Morgan fingerprint density at radius 3 is 1.12 bits per heavy atom. The van der Waals surface area contributed by atoms with Gasteiger partial charge in [-0.1, -0.05) is 0 Å². The topological polar surface area (TPSA) is 143 Å². The van der Waals surface area contributed by atoms with Crippen molar-refractivity contribution in [3.63, 3.8) is 0 Å². The average molecular weight is 674 g/mol. The molecule has 0 saturated heterocycles. The fraction of sp³-hybridized carbons (Fsp3) is 0.0667. The van der Waals surface area contributed by atoms with Gasteiger partial charge in [0.2, 0.25) is 0 Å². The predicted octanol–water partition coefficient (Wildman–Crippen LogP) is 7.50. The molecule has 2 aliphatic rings. The Morgan fingerprint density at radius 1 is 0.458 bits per heavy atom. The van der Waals surface area contributed by atoms with E-state index in [4.69, 9.17) is 15.8 Å². The van der Waals surface area contributed by atoms with Gasteiger partial charge in [0.15, 0.2) is 64.4 Å². The van der Waals surface area contributed by atoms with Crippen molar-refractivity contribution in [2.24, 2.45) is 5.92 Å². The summed E-state index contributed by atoms with van der Waals surface area (Å²) in [6.07, 6.45) is -3.49. The normalized spacial score (nSPS) is 20.1. The van der Waals surface area contributed by atoms with Gasteiger partial charge < -0.3 is 0 Å². The summed E-state index contributed by atoms with van der Waals surface area (Å²) >= 11 is 0. The molecular weight excluding hydrogens is 672 g/mol. The van der Waals surface area contributed by atoms with Crippen LogP contribution in [0, 0.1) is 120 Å². The molecule has 0 aliphatic heterocycles. The van der Waals surface area contributed by atoms with Gasteiger partial charge in [-0.3, -0.25) is 0 Å². The Morgan fingerprint density at radius 2 is 0.833 bits per heavy atom. The molecule has 0 aromatic heterocycles. The summed E-state index contributed by atoms with van der Waals surface area (Å²) in [4.78, 5) is 0. The molecule has 1 saturated carbocycles. The van der Waals surface area contributed by atoms with Crippen molar-refractivity contribution >= 4 is 11.1 Å². The quantitative estimate of drug-likeness (QED) is 0.188. The van der Waals surface area contributed by atoms with Crippen molar-refractivity contribution in [3.05, 3.63) is 114 Å². The van der Waals surface area contributed by atoms with Crippen molar-refractivity contribution < 1.29 is 52.7 Å². The van der Waals surface area contributed by atoms with Gasteiger partial charge >= 0.3 is 0 Å². The molecule has 1 fully saturated rings. The zero-order valence-corrected chi connectivity index (χ0v) is 22.4. The molecule has 2 aromatic carbocycles.